The predicted molar refractivity (Wildman–Crippen MR) is 113 cm³/mol. The molecule has 1 fully saturated rings. The van der Waals surface area contributed by atoms with Gasteiger partial charge in [0, 0.05) is 23.6 Å². The molecule has 1 aliphatic rings. The Morgan fingerprint density at radius 2 is 2.10 bits per heavy atom. The van der Waals surface area contributed by atoms with Gasteiger partial charge in [0.25, 0.3) is 0 Å². The van der Waals surface area contributed by atoms with Crippen LogP contribution >= 0.6 is 0 Å². The van der Waals surface area contributed by atoms with Crippen molar-refractivity contribution in [3.63, 3.8) is 0 Å². The molecule has 0 saturated carbocycles. The largest absolute Gasteiger partial charge is 0.460 e. The normalized spacial score (nSPS) is 17.6. The molecule has 0 bridgehead atoms. The lowest BCUT2D eigenvalue weighted by atomic mass is 10.1. The summed E-state index contributed by atoms with van der Waals surface area (Å²) in [6, 6.07) is 6.10. The van der Waals surface area contributed by atoms with Crippen LogP contribution in [0.4, 0.5) is 0 Å². The highest BCUT2D eigenvalue weighted by atomic mass is 32.2. The van der Waals surface area contributed by atoms with E-state index in [4.69, 9.17) is 13.7 Å². The first-order chi connectivity index (χ1) is 14.7. The number of hydrogen-bond acceptors (Lipinski definition) is 7. The number of carbonyl (C=O) groups is 1. The molecule has 0 spiro atoms. The van der Waals surface area contributed by atoms with Gasteiger partial charge < -0.3 is 13.7 Å². The first-order valence-electron chi connectivity index (χ1n) is 10.4. The minimum absolute atomic E-state index is 0.0910. The smallest absolute Gasteiger partial charge is 0.374 e. The third kappa shape index (κ3) is 3.76. The lowest BCUT2D eigenvalue weighted by Crippen LogP contribution is -2.30. The van der Waals surface area contributed by atoms with E-state index in [0.717, 1.165) is 12.1 Å². The summed E-state index contributed by atoms with van der Waals surface area (Å²) in [7, 11) is -3.79. The molecule has 8 nitrogen and oxygen atoms in total. The molecule has 0 unspecified atom stereocenters. The summed E-state index contributed by atoms with van der Waals surface area (Å²) in [6.45, 7) is 8.09. The molecule has 3 heterocycles. The van der Waals surface area contributed by atoms with E-state index in [1.807, 2.05) is 19.9 Å². The van der Waals surface area contributed by atoms with Crippen molar-refractivity contribution < 1.29 is 26.9 Å². The van der Waals surface area contributed by atoms with Crippen LogP contribution in [0.2, 0.25) is 0 Å². The molecule has 9 heteroatoms. The highest BCUT2D eigenvalue weighted by molar-refractivity contribution is 7.89. The standard InChI is InChI=1S/C22H26N2O6S/c1-5-28-22(25)21-14(4)16-11-15(8-9-19(16)29-21)31(26,27)24-10-6-7-18(24)20-12-17(13(2)3)23-30-20/h8-9,11-13,18H,5-7,10H2,1-4H3/t18-/m1/s1. The molecule has 1 atom stereocenters. The van der Waals surface area contributed by atoms with E-state index >= 15 is 0 Å². The molecule has 1 saturated heterocycles. The van der Waals surface area contributed by atoms with Crippen LogP contribution in [0.5, 0.6) is 0 Å². The minimum Gasteiger partial charge on any atom is -0.460 e. The number of esters is 1. The summed E-state index contributed by atoms with van der Waals surface area (Å²) in [6.07, 6.45) is 1.41. The molecule has 2 aromatic heterocycles. The number of aryl methyl sites for hydroxylation is 1. The molecule has 31 heavy (non-hydrogen) atoms. The van der Waals surface area contributed by atoms with Crippen LogP contribution in [0.3, 0.4) is 0 Å². The first-order valence-corrected chi connectivity index (χ1v) is 11.9. The molecule has 0 aliphatic carbocycles. The summed E-state index contributed by atoms with van der Waals surface area (Å²) < 4.78 is 44.6. The van der Waals surface area contributed by atoms with Gasteiger partial charge in [-0.15, -0.1) is 0 Å². The molecule has 1 aliphatic heterocycles. The second-order valence-electron chi connectivity index (χ2n) is 8.02. The summed E-state index contributed by atoms with van der Waals surface area (Å²) >= 11 is 0. The number of rotatable bonds is 6. The molecule has 0 amide bonds. The van der Waals surface area contributed by atoms with Crippen molar-refractivity contribution in [2.24, 2.45) is 0 Å². The number of benzene rings is 1. The van der Waals surface area contributed by atoms with Crippen LogP contribution in [0, 0.1) is 6.92 Å². The number of carbonyl (C=O) groups excluding carboxylic acids is 1. The zero-order chi connectivity index (χ0) is 22.3. The minimum atomic E-state index is -3.79. The quantitative estimate of drug-likeness (QED) is 0.512. The van der Waals surface area contributed by atoms with Crippen molar-refractivity contribution in [1.29, 1.82) is 0 Å². The first kappa shape index (κ1) is 21.6. The Hall–Kier alpha value is -2.65. The molecule has 3 aromatic rings. The molecular weight excluding hydrogens is 420 g/mol. The number of ether oxygens (including phenoxy) is 1. The summed E-state index contributed by atoms with van der Waals surface area (Å²) in [4.78, 5) is 12.3. The van der Waals surface area contributed by atoms with Crippen LogP contribution < -0.4 is 0 Å². The number of fused-ring (bicyclic) bond motifs is 1. The van der Waals surface area contributed by atoms with Crippen molar-refractivity contribution in [2.45, 2.75) is 57.4 Å². The average molecular weight is 447 g/mol. The molecule has 0 radical (unpaired) electrons. The van der Waals surface area contributed by atoms with Gasteiger partial charge in [-0.25, -0.2) is 13.2 Å². The fourth-order valence-corrected chi connectivity index (χ4v) is 5.62. The number of nitrogens with zero attached hydrogens (tertiary/aromatic N) is 2. The Labute approximate surface area is 181 Å². The number of sulfonamides is 1. The van der Waals surface area contributed by atoms with Gasteiger partial charge in [-0.2, -0.15) is 4.31 Å². The average Bonchev–Trinajstić information content (AvgIpc) is 3.46. The number of aromatic nitrogens is 1. The van der Waals surface area contributed by atoms with Gasteiger partial charge in [0.1, 0.15) is 5.58 Å². The Morgan fingerprint density at radius 3 is 2.77 bits per heavy atom. The zero-order valence-electron chi connectivity index (χ0n) is 18.0. The van der Waals surface area contributed by atoms with E-state index < -0.39 is 16.0 Å². The van der Waals surface area contributed by atoms with Crippen LogP contribution in [-0.2, 0) is 14.8 Å². The Morgan fingerprint density at radius 1 is 1.32 bits per heavy atom. The topological polar surface area (TPSA) is 103 Å². The van der Waals surface area contributed by atoms with Gasteiger partial charge in [-0.3, -0.25) is 0 Å². The fraction of sp³-hybridized carbons (Fsp3) is 0.455. The third-order valence-electron chi connectivity index (χ3n) is 5.65. The van der Waals surface area contributed by atoms with Crippen LogP contribution in [0.15, 0.2) is 38.1 Å². The van der Waals surface area contributed by atoms with E-state index in [2.05, 4.69) is 5.16 Å². The van der Waals surface area contributed by atoms with Gasteiger partial charge >= 0.3 is 5.97 Å². The molecule has 4 rings (SSSR count). The van der Waals surface area contributed by atoms with Crippen LogP contribution in [-0.4, -0.2) is 37.0 Å². The number of furan rings is 1. The molecular formula is C22H26N2O6S. The van der Waals surface area contributed by atoms with Crippen molar-refractivity contribution >= 4 is 27.0 Å². The Bertz CT molecular complexity index is 1220. The van der Waals surface area contributed by atoms with Crippen molar-refractivity contribution in [3.05, 3.63) is 47.0 Å². The lowest BCUT2D eigenvalue weighted by Gasteiger charge is -2.22. The van der Waals surface area contributed by atoms with Gasteiger partial charge in [0.15, 0.2) is 5.76 Å². The highest BCUT2D eigenvalue weighted by Gasteiger charge is 2.38. The van der Waals surface area contributed by atoms with Crippen LogP contribution in [0.25, 0.3) is 11.0 Å². The van der Waals surface area contributed by atoms with Gasteiger partial charge in [0.2, 0.25) is 15.8 Å². The lowest BCUT2D eigenvalue weighted by molar-refractivity contribution is 0.0491. The maximum absolute atomic E-state index is 13.5. The van der Waals surface area contributed by atoms with Crippen molar-refractivity contribution in [1.82, 2.24) is 9.46 Å². The van der Waals surface area contributed by atoms with Crippen LogP contribution in [0.1, 0.15) is 73.1 Å². The Balaban J connectivity index is 1.70. The van der Waals surface area contributed by atoms with Crippen molar-refractivity contribution in [2.75, 3.05) is 13.2 Å². The second kappa shape index (κ2) is 8.12. The highest BCUT2D eigenvalue weighted by Crippen LogP contribution is 2.38. The Kier molecular flexibility index (Phi) is 5.65. The molecule has 166 valence electrons. The maximum Gasteiger partial charge on any atom is 0.374 e. The molecule has 0 N–H and O–H groups in total. The van der Waals surface area contributed by atoms with E-state index in [1.165, 1.54) is 10.4 Å². The fourth-order valence-electron chi connectivity index (χ4n) is 3.93. The van der Waals surface area contributed by atoms with E-state index in [1.54, 1.807) is 26.0 Å². The van der Waals surface area contributed by atoms with Crippen molar-refractivity contribution in [3.8, 4) is 0 Å². The monoisotopic (exact) mass is 446 g/mol. The number of hydrogen-bond donors (Lipinski definition) is 0. The second-order valence-corrected chi connectivity index (χ2v) is 9.91. The van der Waals surface area contributed by atoms with E-state index in [9.17, 15) is 13.2 Å². The predicted octanol–water partition coefficient (Wildman–Crippen LogP) is 4.56. The van der Waals surface area contributed by atoms with E-state index in [0.29, 0.717) is 35.3 Å². The maximum atomic E-state index is 13.5. The summed E-state index contributed by atoms with van der Waals surface area (Å²) in [5, 5.41) is 4.65. The zero-order valence-corrected chi connectivity index (χ0v) is 18.9. The SMILES string of the molecule is CCOC(=O)c1oc2ccc(S(=O)(=O)N3CCC[C@@H]3c3cc(C(C)C)no3)cc2c1C. The molecule has 1 aromatic carbocycles. The van der Waals surface area contributed by atoms with Gasteiger partial charge in [0.05, 0.1) is 23.2 Å². The van der Waals surface area contributed by atoms with Gasteiger partial charge in [-0.1, -0.05) is 19.0 Å². The van der Waals surface area contributed by atoms with Gasteiger partial charge in [-0.05, 0) is 50.8 Å². The van der Waals surface area contributed by atoms with E-state index in [-0.39, 0.29) is 29.2 Å². The summed E-state index contributed by atoms with van der Waals surface area (Å²) in [5.74, 6) is 0.291. The summed E-state index contributed by atoms with van der Waals surface area (Å²) in [5.41, 5.74) is 1.80. The third-order valence-corrected chi connectivity index (χ3v) is 7.55.